The minimum Gasteiger partial charge on any atom is -0.223 e. The molecule has 0 radical (unpaired) electrons. The third-order valence-corrected chi connectivity index (χ3v) is 2.74. The second kappa shape index (κ2) is 3.52. The van der Waals surface area contributed by atoms with Crippen LogP contribution in [-0.2, 0) is 0 Å². The number of rotatable bonds is 1. The molecule has 15 heavy (non-hydrogen) atoms. The van der Waals surface area contributed by atoms with Crippen LogP contribution in [0.25, 0.3) is 0 Å². The number of hydrogen-bond acceptors (Lipinski definition) is 0. The first kappa shape index (κ1) is 12.6. The molecule has 0 aliphatic heterocycles. The molecule has 1 aliphatic rings. The molecule has 0 spiro atoms. The molecule has 0 unspecified atom stereocenters. The highest BCUT2D eigenvalue weighted by Crippen LogP contribution is 2.54. The van der Waals surface area contributed by atoms with Gasteiger partial charge in [0.1, 0.15) is 0 Å². The predicted molar refractivity (Wildman–Crippen MR) is 37.9 cm³/mol. The predicted octanol–water partition coefficient (Wildman–Crippen LogP) is 4.01. The van der Waals surface area contributed by atoms with Crippen LogP contribution >= 0.6 is 0 Å². The van der Waals surface area contributed by atoms with Crippen LogP contribution in [0.1, 0.15) is 25.7 Å². The zero-order valence-corrected chi connectivity index (χ0v) is 7.55. The summed E-state index contributed by atoms with van der Waals surface area (Å²) in [6.45, 7) is 0. The molecule has 0 atom stereocenters. The summed E-state index contributed by atoms with van der Waals surface area (Å²) in [5, 5.41) is 0. The van der Waals surface area contributed by atoms with E-state index in [0.29, 0.717) is 0 Å². The topological polar surface area (TPSA) is 0 Å². The molecule has 0 aromatic carbocycles. The number of alkyl halides is 7. The lowest BCUT2D eigenvalue weighted by Gasteiger charge is -2.34. The number of hydrogen-bond donors (Lipinski definition) is 0. The lowest BCUT2D eigenvalue weighted by Crippen LogP contribution is -2.57. The Balaban J connectivity index is 3.06. The van der Waals surface area contributed by atoms with E-state index in [1.165, 1.54) is 0 Å². The summed E-state index contributed by atoms with van der Waals surface area (Å²) in [5.41, 5.74) is -5.05. The Kier molecular flexibility index (Phi) is 2.95. The first-order valence-electron chi connectivity index (χ1n) is 4.43. The van der Waals surface area contributed by atoms with Crippen LogP contribution in [0.15, 0.2) is 0 Å². The molecule has 0 N–H and O–H groups in total. The maximum absolute atomic E-state index is 13.3. The summed E-state index contributed by atoms with van der Waals surface area (Å²) in [6.07, 6.45) is -12.1. The van der Waals surface area contributed by atoms with Crippen molar-refractivity contribution < 1.29 is 30.7 Å². The van der Waals surface area contributed by atoms with Gasteiger partial charge in [-0.2, -0.15) is 26.3 Å². The van der Waals surface area contributed by atoms with E-state index in [-0.39, 0.29) is 25.7 Å². The highest BCUT2D eigenvalue weighted by Gasteiger charge is 2.75. The monoisotopic (exact) mass is 238 g/mol. The van der Waals surface area contributed by atoms with E-state index >= 15 is 0 Å². The van der Waals surface area contributed by atoms with Gasteiger partial charge < -0.3 is 0 Å². The van der Waals surface area contributed by atoms with Crippen LogP contribution in [0.3, 0.4) is 0 Å². The molecule has 1 rings (SSSR count). The minimum absolute atomic E-state index is 0.211. The molecule has 90 valence electrons. The molecular weight excluding hydrogens is 229 g/mol. The Bertz CT molecular complexity index is 206. The van der Waals surface area contributed by atoms with Crippen LogP contribution < -0.4 is 0 Å². The highest BCUT2D eigenvalue weighted by molar-refractivity contribution is 5.01. The standard InChI is InChI=1S/C8H9F7/c9-6(7(10,11)12,8(13,14)15)5-3-1-2-4-5/h5H,1-4H2. The molecule has 1 saturated carbocycles. The van der Waals surface area contributed by atoms with E-state index < -0.39 is 23.9 Å². The zero-order chi connectivity index (χ0) is 11.9. The van der Waals surface area contributed by atoms with Crippen molar-refractivity contribution in [3.63, 3.8) is 0 Å². The van der Waals surface area contributed by atoms with E-state index in [0.717, 1.165) is 0 Å². The van der Waals surface area contributed by atoms with Gasteiger partial charge in [0.2, 0.25) is 0 Å². The second-order valence-electron chi connectivity index (χ2n) is 3.69. The molecule has 0 nitrogen and oxygen atoms in total. The van der Waals surface area contributed by atoms with E-state index in [1.807, 2.05) is 0 Å². The van der Waals surface area contributed by atoms with Crippen molar-refractivity contribution in [1.82, 2.24) is 0 Å². The van der Waals surface area contributed by atoms with Crippen molar-refractivity contribution in [3.8, 4) is 0 Å². The van der Waals surface area contributed by atoms with Gasteiger partial charge in [0.15, 0.2) is 0 Å². The van der Waals surface area contributed by atoms with E-state index in [9.17, 15) is 30.7 Å². The highest BCUT2D eigenvalue weighted by atomic mass is 19.4. The van der Waals surface area contributed by atoms with Gasteiger partial charge in [-0.15, -0.1) is 0 Å². The molecule has 0 heterocycles. The van der Waals surface area contributed by atoms with Gasteiger partial charge in [0, 0.05) is 5.92 Å². The first-order valence-corrected chi connectivity index (χ1v) is 4.43. The summed E-state index contributed by atoms with van der Waals surface area (Å²) in [6, 6.07) is 0. The Morgan fingerprint density at radius 2 is 1.00 bits per heavy atom. The normalized spacial score (nSPS) is 21.0. The van der Waals surface area contributed by atoms with Crippen LogP contribution in [-0.4, -0.2) is 18.0 Å². The quantitative estimate of drug-likeness (QED) is 0.605. The maximum Gasteiger partial charge on any atom is 0.431 e. The van der Waals surface area contributed by atoms with Gasteiger partial charge in [0.05, 0.1) is 0 Å². The first-order chi connectivity index (χ1) is 6.61. The molecule has 1 fully saturated rings. The molecule has 0 saturated heterocycles. The maximum atomic E-state index is 13.3. The third-order valence-electron chi connectivity index (χ3n) is 2.74. The van der Waals surface area contributed by atoms with E-state index in [4.69, 9.17) is 0 Å². The van der Waals surface area contributed by atoms with Crippen molar-refractivity contribution in [2.45, 2.75) is 43.7 Å². The lowest BCUT2D eigenvalue weighted by molar-refractivity contribution is -0.357. The Labute approximate surface area is 81.4 Å². The molecule has 0 bridgehead atoms. The van der Waals surface area contributed by atoms with Gasteiger partial charge in [-0.05, 0) is 12.8 Å². The van der Waals surface area contributed by atoms with Crippen molar-refractivity contribution in [2.75, 3.05) is 0 Å². The Morgan fingerprint density at radius 3 is 1.27 bits per heavy atom. The average molecular weight is 238 g/mol. The molecule has 0 aromatic rings. The minimum atomic E-state index is -5.89. The fraction of sp³-hybridized carbons (Fsp3) is 1.00. The van der Waals surface area contributed by atoms with Crippen molar-refractivity contribution in [1.29, 1.82) is 0 Å². The van der Waals surface area contributed by atoms with Crippen molar-refractivity contribution >= 4 is 0 Å². The second-order valence-corrected chi connectivity index (χ2v) is 3.69. The molecule has 0 amide bonds. The third kappa shape index (κ3) is 1.92. The molecule has 1 aliphatic carbocycles. The van der Waals surface area contributed by atoms with E-state index in [2.05, 4.69) is 0 Å². The van der Waals surface area contributed by atoms with Crippen LogP contribution in [0.2, 0.25) is 0 Å². The van der Waals surface area contributed by atoms with Gasteiger partial charge in [0.25, 0.3) is 0 Å². The lowest BCUT2D eigenvalue weighted by atomic mass is 9.86. The largest absolute Gasteiger partial charge is 0.431 e. The van der Waals surface area contributed by atoms with Crippen molar-refractivity contribution in [2.24, 2.45) is 5.92 Å². The number of halogens is 7. The zero-order valence-electron chi connectivity index (χ0n) is 7.55. The Hall–Kier alpha value is -0.490. The summed E-state index contributed by atoms with van der Waals surface area (Å²) in [5.74, 6) is -1.99. The molecule has 7 heteroatoms. The summed E-state index contributed by atoms with van der Waals surface area (Å²) >= 11 is 0. The summed E-state index contributed by atoms with van der Waals surface area (Å²) in [7, 11) is 0. The van der Waals surface area contributed by atoms with Crippen LogP contribution in [0.5, 0.6) is 0 Å². The fourth-order valence-electron chi connectivity index (χ4n) is 1.95. The summed E-state index contributed by atoms with van der Waals surface area (Å²) < 4.78 is 86.2. The van der Waals surface area contributed by atoms with Crippen LogP contribution in [0, 0.1) is 5.92 Å². The SMILES string of the molecule is FC(F)(F)C(F)(C1CCCC1)C(F)(F)F. The Morgan fingerprint density at radius 1 is 0.667 bits per heavy atom. The molecular formula is C8H9F7. The van der Waals surface area contributed by atoms with Crippen LogP contribution in [0.4, 0.5) is 30.7 Å². The van der Waals surface area contributed by atoms with Gasteiger partial charge >= 0.3 is 18.0 Å². The summed E-state index contributed by atoms with van der Waals surface area (Å²) in [4.78, 5) is 0. The van der Waals surface area contributed by atoms with Gasteiger partial charge in [-0.1, -0.05) is 12.8 Å². The smallest absolute Gasteiger partial charge is 0.223 e. The van der Waals surface area contributed by atoms with Crippen molar-refractivity contribution in [3.05, 3.63) is 0 Å². The van der Waals surface area contributed by atoms with Gasteiger partial charge in [-0.25, -0.2) is 4.39 Å². The van der Waals surface area contributed by atoms with E-state index in [1.54, 1.807) is 0 Å². The average Bonchev–Trinajstić information content (AvgIpc) is 2.49. The fourth-order valence-corrected chi connectivity index (χ4v) is 1.95. The molecule has 0 aromatic heterocycles. The van der Waals surface area contributed by atoms with Gasteiger partial charge in [-0.3, -0.25) is 0 Å².